The molecule has 3 heterocycles. The van der Waals surface area contributed by atoms with Crippen LogP contribution in [-0.2, 0) is 0 Å². The Morgan fingerprint density at radius 2 is 0.769 bits per heavy atom. The zero-order chi connectivity index (χ0) is 42.8. The van der Waals surface area contributed by atoms with Gasteiger partial charge >= 0.3 is 0 Å². The second-order valence-electron chi connectivity index (χ2n) is 16.7. The minimum atomic E-state index is 0.657. The summed E-state index contributed by atoms with van der Waals surface area (Å²) in [5.41, 5.74) is 13.6. The van der Waals surface area contributed by atoms with Gasteiger partial charge in [0.05, 0.1) is 28.0 Å². The molecule has 0 spiro atoms. The lowest BCUT2D eigenvalue weighted by Gasteiger charge is -2.14. The maximum absolute atomic E-state index is 6.77. The number of hydrogen-bond donors (Lipinski definition) is 0. The van der Waals surface area contributed by atoms with Crippen molar-refractivity contribution < 1.29 is 4.42 Å². The molecule has 0 N–H and O–H groups in total. The third-order valence-corrected chi connectivity index (χ3v) is 12.9. The van der Waals surface area contributed by atoms with Crippen molar-refractivity contribution >= 4 is 65.2 Å². The molecule has 0 saturated carbocycles. The smallest absolute Gasteiger partial charge is 0.160 e. The van der Waals surface area contributed by atoms with Crippen molar-refractivity contribution in [2.45, 2.75) is 0 Å². The van der Waals surface area contributed by atoms with Gasteiger partial charge in [0.15, 0.2) is 5.82 Å². The number of fused-ring (bicyclic) bond motifs is 11. The van der Waals surface area contributed by atoms with Gasteiger partial charge in [-0.3, -0.25) is 0 Å². The van der Waals surface area contributed by atoms with Crippen LogP contribution in [0.1, 0.15) is 0 Å². The van der Waals surface area contributed by atoms with Gasteiger partial charge in [-0.1, -0.05) is 200 Å². The SMILES string of the molecule is c1ccc(-c2ccc(-c3cc(-c4ccccc4)nc(-c4ccc(-c5nc6c(-c7ccc8c9ccccc9c9ccccc9c8c7)cccc6c6oc7ccccc7c56)cc4)n3)cc2)cc1. The third kappa shape index (κ3) is 6.18. The van der Waals surface area contributed by atoms with Gasteiger partial charge in [0.25, 0.3) is 0 Å². The number of nitrogens with zero attached hydrogens (tertiary/aromatic N) is 3. The van der Waals surface area contributed by atoms with E-state index in [4.69, 9.17) is 19.4 Å². The third-order valence-electron chi connectivity index (χ3n) is 12.9. The van der Waals surface area contributed by atoms with Gasteiger partial charge in [0, 0.05) is 38.6 Å². The molecule has 0 radical (unpaired) electrons. The second kappa shape index (κ2) is 15.0. The van der Waals surface area contributed by atoms with Crippen LogP contribution >= 0.6 is 0 Å². The Morgan fingerprint density at radius 1 is 0.292 bits per heavy atom. The Labute approximate surface area is 374 Å². The number of benzene rings is 10. The standard InChI is InChI=1S/C61H37N3O/c1-3-14-38(15-4-1)39-26-28-41(29-27-39)55-37-54(40-16-5-2-6-17-40)62-61(63-55)43-32-30-42(31-33-43)58-57-51-22-11-12-25-56(51)65-60(57)52-24-13-23-45(59(52)64-58)44-34-35-50-48-20-8-7-18-46(48)47-19-9-10-21-49(47)53(50)36-44/h1-37H. The molecule has 3 aromatic heterocycles. The average Bonchev–Trinajstić information content (AvgIpc) is 3.79. The molecule has 0 unspecified atom stereocenters. The van der Waals surface area contributed by atoms with Gasteiger partial charge in [0.1, 0.15) is 11.2 Å². The molecule has 302 valence electrons. The first-order valence-electron chi connectivity index (χ1n) is 22.0. The van der Waals surface area contributed by atoms with E-state index in [0.717, 1.165) is 88.9 Å². The zero-order valence-corrected chi connectivity index (χ0v) is 35.1. The van der Waals surface area contributed by atoms with E-state index in [1.54, 1.807) is 0 Å². The summed E-state index contributed by atoms with van der Waals surface area (Å²) in [5.74, 6) is 0.657. The molecule has 0 amide bonds. The number of pyridine rings is 1. The Kier molecular flexibility index (Phi) is 8.50. The Hall–Kier alpha value is -8.73. The summed E-state index contributed by atoms with van der Waals surface area (Å²) in [7, 11) is 0. The van der Waals surface area contributed by atoms with Gasteiger partial charge in [-0.05, 0) is 73.3 Å². The fraction of sp³-hybridized carbons (Fsp3) is 0. The monoisotopic (exact) mass is 827 g/mol. The molecule has 0 fully saturated rings. The molecule has 0 aliphatic rings. The number of hydrogen-bond acceptors (Lipinski definition) is 4. The highest BCUT2D eigenvalue weighted by Gasteiger charge is 2.21. The molecule has 0 saturated heterocycles. The first kappa shape index (κ1) is 36.9. The highest BCUT2D eigenvalue weighted by atomic mass is 16.3. The van der Waals surface area contributed by atoms with Crippen molar-refractivity contribution in [1.82, 2.24) is 15.0 Å². The van der Waals surface area contributed by atoms with E-state index in [2.05, 4.69) is 188 Å². The van der Waals surface area contributed by atoms with Gasteiger partial charge in [-0.15, -0.1) is 0 Å². The van der Waals surface area contributed by atoms with E-state index >= 15 is 0 Å². The van der Waals surface area contributed by atoms with Crippen molar-refractivity contribution in [2.24, 2.45) is 0 Å². The minimum absolute atomic E-state index is 0.657. The van der Waals surface area contributed by atoms with Gasteiger partial charge in [-0.2, -0.15) is 0 Å². The van der Waals surface area contributed by atoms with Crippen molar-refractivity contribution in [3.8, 4) is 67.4 Å². The second-order valence-corrected chi connectivity index (χ2v) is 16.7. The van der Waals surface area contributed by atoms with E-state index in [1.807, 2.05) is 36.4 Å². The Morgan fingerprint density at radius 3 is 1.45 bits per heavy atom. The summed E-state index contributed by atoms with van der Waals surface area (Å²) < 4.78 is 6.77. The van der Waals surface area contributed by atoms with Crippen LogP contribution in [0.25, 0.3) is 133 Å². The summed E-state index contributed by atoms with van der Waals surface area (Å²) in [6, 6.07) is 79.0. The highest BCUT2D eigenvalue weighted by Crippen LogP contribution is 2.44. The van der Waals surface area contributed by atoms with Gasteiger partial charge in [0.2, 0.25) is 0 Å². The van der Waals surface area contributed by atoms with Crippen LogP contribution in [-0.4, -0.2) is 15.0 Å². The van der Waals surface area contributed by atoms with E-state index in [-0.39, 0.29) is 0 Å². The molecule has 65 heavy (non-hydrogen) atoms. The van der Waals surface area contributed by atoms with E-state index in [9.17, 15) is 0 Å². The predicted molar refractivity (Wildman–Crippen MR) is 270 cm³/mol. The van der Waals surface area contributed by atoms with Crippen LogP contribution in [0.5, 0.6) is 0 Å². The maximum atomic E-state index is 6.77. The van der Waals surface area contributed by atoms with E-state index in [1.165, 1.54) is 37.9 Å². The quantitative estimate of drug-likeness (QED) is 0.157. The van der Waals surface area contributed by atoms with Crippen molar-refractivity contribution in [2.75, 3.05) is 0 Å². The van der Waals surface area contributed by atoms with Crippen LogP contribution in [0.15, 0.2) is 229 Å². The lowest BCUT2D eigenvalue weighted by molar-refractivity contribution is 0.672. The number of para-hydroxylation sites is 2. The molecular weight excluding hydrogens is 791 g/mol. The highest BCUT2D eigenvalue weighted by molar-refractivity contribution is 6.26. The topological polar surface area (TPSA) is 51.8 Å². The minimum Gasteiger partial charge on any atom is -0.455 e. The number of furan rings is 1. The Balaban J connectivity index is 0.963. The molecule has 0 atom stereocenters. The molecule has 4 nitrogen and oxygen atoms in total. The van der Waals surface area contributed by atoms with Crippen molar-refractivity contribution in [3.63, 3.8) is 0 Å². The van der Waals surface area contributed by atoms with Crippen LogP contribution in [0.3, 0.4) is 0 Å². The number of aromatic nitrogens is 3. The summed E-state index contributed by atoms with van der Waals surface area (Å²) in [5, 5.41) is 10.5. The van der Waals surface area contributed by atoms with Crippen LogP contribution in [0.4, 0.5) is 0 Å². The van der Waals surface area contributed by atoms with Crippen LogP contribution in [0, 0.1) is 0 Å². The Bertz CT molecular complexity index is 3940. The van der Waals surface area contributed by atoms with E-state index < -0.39 is 0 Å². The van der Waals surface area contributed by atoms with Crippen LogP contribution in [0.2, 0.25) is 0 Å². The summed E-state index contributed by atoms with van der Waals surface area (Å²) in [6.07, 6.45) is 0. The maximum Gasteiger partial charge on any atom is 0.160 e. The molecule has 0 aliphatic carbocycles. The first-order valence-corrected chi connectivity index (χ1v) is 22.0. The fourth-order valence-corrected chi connectivity index (χ4v) is 9.72. The molecule has 4 heteroatoms. The molecule has 13 aromatic rings. The molecule has 0 bridgehead atoms. The molecular formula is C61H37N3O. The molecule has 10 aromatic carbocycles. The lowest BCUT2D eigenvalue weighted by Crippen LogP contribution is -1.96. The summed E-state index contributed by atoms with van der Waals surface area (Å²) >= 11 is 0. The first-order chi connectivity index (χ1) is 32.2. The van der Waals surface area contributed by atoms with Gasteiger partial charge < -0.3 is 4.42 Å². The van der Waals surface area contributed by atoms with Crippen molar-refractivity contribution in [3.05, 3.63) is 224 Å². The van der Waals surface area contributed by atoms with E-state index in [0.29, 0.717) is 5.82 Å². The van der Waals surface area contributed by atoms with Crippen molar-refractivity contribution in [1.29, 1.82) is 0 Å². The predicted octanol–water partition coefficient (Wildman–Crippen LogP) is 16.4. The summed E-state index contributed by atoms with van der Waals surface area (Å²) in [4.78, 5) is 16.0. The average molecular weight is 828 g/mol. The fourth-order valence-electron chi connectivity index (χ4n) is 9.72. The van der Waals surface area contributed by atoms with Crippen LogP contribution < -0.4 is 0 Å². The normalized spacial score (nSPS) is 11.7. The summed E-state index contributed by atoms with van der Waals surface area (Å²) in [6.45, 7) is 0. The zero-order valence-electron chi connectivity index (χ0n) is 35.1. The lowest BCUT2D eigenvalue weighted by atomic mass is 9.91. The number of rotatable bonds is 6. The molecule has 0 aliphatic heterocycles. The largest absolute Gasteiger partial charge is 0.455 e. The van der Waals surface area contributed by atoms with Gasteiger partial charge in [-0.25, -0.2) is 15.0 Å². The molecule has 13 rings (SSSR count).